The average Bonchev–Trinajstić information content (AvgIpc) is 2.98. The second kappa shape index (κ2) is 7.19. The fourth-order valence-corrected chi connectivity index (χ4v) is 2.43. The Bertz CT molecular complexity index is 646. The molecule has 0 fully saturated rings. The molecule has 6 heteroatoms. The number of nitrogens with zero attached hydrogens (tertiary/aromatic N) is 2. The van der Waals surface area contributed by atoms with E-state index in [4.69, 9.17) is 16.3 Å². The largest absolute Gasteiger partial charge is 0.464 e. The number of benzene rings is 1. The van der Waals surface area contributed by atoms with Crippen LogP contribution in [0.15, 0.2) is 29.3 Å². The minimum Gasteiger partial charge on any atom is -0.464 e. The molecule has 5 nitrogen and oxygen atoms in total. The smallest absolute Gasteiger partial charge is 0.330 e. The molecule has 2 unspecified atom stereocenters. The zero-order chi connectivity index (χ0) is 16.1. The van der Waals surface area contributed by atoms with Gasteiger partial charge >= 0.3 is 5.97 Å². The van der Waals surface area contributed by atoms with Crippen molar-refractivity contribution in [2.24, 2.45) is 10.9 Å². The molecule has 1 heterocycles. The third-order valence-corrected chi connectivity index (χ3v) is 3.66. The fourth-order valence-electron chi connectivity index (χ4n) is 2.31. The van der Waals surface area contributed by atoms with E-state index in [9.17, 15) is 14.9 Å². The maximum absolute atomic E-state index is 12.4. The minimum absolute atomic E-state index is 0.283. The van der Waals surface area contributed by atoms with Crippen LogP contribution in [0.25, 0.3) is 0 Å². The zero-order valence-corrected chi connectivity index (χ0v) is 12.8. The molecule has 0 spiro atoms. The van der Waals surface area contributed by atoms with Crippen LogP contribution in [0.1, 0.15) is 30.1 Å². The third kappa shape index (κ3) is 3.52. The molecule has 0 aromatic heterocycles. The second-order valence-corrected chi connectivity index (χ2v) is 5.30. The number of esters is 1. The molecule has 0 aliphatic carbocycles. The Hall–Kier alpha value is -2.19. The highest BCUT2D eigenvalue weighted by Crippen LogP contribution is 2.22. The molecule has 2 atom stereocenters. The summed E-state index contributed by atoms with van der Waals surface area (Å²) >= 11 is 5.79. The number of halogens is 1. The highest BCUT2D eigenvalue weighted by Gasteiger charge is 2.33. The Morgan fingerprint density at radius 2 is 2.14 bits per heavy atom. The van der Waals surface area contributed by atoms with E-state index in [-0.39, 0.29) is 12.4 Å². The summed E-state index contributed by atoms with van der Waals surface area (Å²) in [5, 5.41) is 9.83. The molecule has 0 saturated heterocycles. The monoisotopic (exact) mass is 318 g/mol. The molecule has 0 N–H and O–H groups in total. The summed E-state index contributed by atoms with van der Waals surface area (Å²) in [5.74, 6) is -1.71. The van der Waals surface area contributed by atoms with Crippen molar-refractivity contribution in [3.63, 3.8) is 0 Å². The highest BCUT2D eigenvalue weighted by atomic mass is 35.5. The van der Waals surface area contributed by atoms with Crippen LogP contribution in [0, 0.1) is 17.2 Å². The summed E-state index contributed by atoms with van der Waals surface area (Å²) in [6.07, 6.45) is 0.918. The summed E-state index contributed by atoms with van der Waals surface area (Å²) < 4.78 is 4.92. The molecule has 114 valence electrons. The molecule has 0 amide bonds. The summed E-state index contributed by atoms with van der Waals surface area (Å²) in [5.41, 5.74) is 0.846. The van der Waals surface area contributed by atoms with Crippen LogP contribution in [-0.4, -0.2) is 30.1 Å². The first kappa shape index (κ1) is 16.2. The number of Topliss-reactive ketones (excluding diaryl/α,β-unsaturated/α-hetero) is 1. The Morgan fingerprint density at radius 1 is 1.45 bits per heavy atom. The summed E-state index contributed by atoms with van der Waals surface area (Å²) in [6.45, 7) is 2.01. The summed E-state index contributed by atoms with van der Waals surface area (Å²) in [7, 11) is 0. The molecule has 0 bridgehead atoms. The number of carbonyl (C=O) groups excluding carboxylic acids is 2. The standard InChI is InChI=1S/C16H15ClN2O3/c1-2-22-16(21)14-8-7-13(19-14)12(9-18)15(20)10-3-5-11(17)6-4-10/h3-6,12,14H,2,7-8H2,1H3. The van der Waals surface area contributed by atoms with E-state index in [0.29, 0.717) is 29.1 Å². The lowest BCUT2D eigenvalue weighted by Crippen LogP contribution is -2.22. The normalized spacial score (nSPS) is 18.2. The lowest BCUT2D eigenvalue weighted by atomic mass is 9.93. The molecule has 1 aromatic carbocycles. The van der Waals surface area contributed by atoms with Crippen LogP contribution in [-0.2, 0) is 9.53 Å². The molecule has 1 aliphatic heterocycles. The molecule has 1 aromatic rings. The van der Waals surface area contributed by atoms with Crippen molar-refractivity contribution < 1.29 is 14.3 Å². The van der Waals surface area contributed by atoms with E-state index in [1.54, 1.807) is 31.2 Å². The Balaban J connectivity index is 2.17. The Kier molecular flexibility index (Phi) is 5.29. The van der Waals surface area contributed by atoms with Gasteiger partial charge in [-0.05, 0) is 44.0 Å². The van der Waals surface area contributed by atoms with Crippen LogP contribution in [0.5, 0.6) is 0 Å². The number of hydrogen-bond acceptors (Lipinski definition) is 5. The van der Waals surface area contributed by atoms with Crippen molar-refractivity contribution >= 4 is 29.1 Å². The van der Waals surface area contributed by atoms with Crippen molar-refractivity contribution in [1.29, 1.82) is 5.26 Å². The summed E-state index contributed by atoms with van der Waals surface area (Å²) in [4.78, 5) is 28.3. The molecule has 0 radical (unpaired) electrons. The number of carbonyl (C=O) groups is 2. The predicted molar refractivity (Wildman–Crippen MR) is 82.0 cm³/mol. The van der Waals surface area contributed by atoms with Gasteiger partial charge in [-0.3, -0.25) is 9.79 Å². The minimum atomic E-state index is -0.972. The van der Waals surface area contributed by atoms with Crippen molar-refractivity contribution in [2.75, 3.05) is 6.61 Å². The maximum Gasteiger partial charge on any atom is 0.330 e. The van der Waals surface area contributed by atoms with Gasteiger partial charge in [0.15, 0.2) is 5.78 Å². The van der Waals surface area contributed by atoms with Gasteiger partial charge in [0.05, 0.1) is 12.7 Å². The summed E-state index contributed by atoms with van der Waals surface area (Å²) in [6, 6.07) is 7.73. The number of aliphatic imine (C=N–C) groups is 1. The molecule has 22 heavy (non-hydrogen) atoms. The van der Waals surface area contributed by atoms with Crippen molar-refractivity contribution in [1.82, 2.24) is 0 Å². The van der Waals surface area contributed by atoms with Crippen LogP contribution in [0.3, 0.4) is 0 Å². The molecular formula is C16H15ClN2O3. The van der Waals surface area contributed by atoms with Crippen molar-refractivity contribution in [2.45, 2.75) is 25.8 Å². The first-order valence-electron chi connectivity index (χ1n) is 6.99. The Morgan fingerprint density at radius 3 is 2.73 bits per heavy atom. The van der Waals surface area contributed by atoms with E-state index in [1.165, 1.54) is 0 Å². The number of hydrogen-bond donors (Lipinski definition) is 0. The lowest BCUT2D eigenvalue weighted by molar-refractivity contribution is -0.144. The maximum atomic E-state index is 12.4. The van der Waals surface area contributed by atoms with Gasteiger partial charge in [0.1, 0.15) is 12.0 Å². The number of rotatable bonds is 5. The zero-order valence-electron chi connectivity index (χ0n) is 12.1. The van der Waals surface area contributed by atoms with Gasteiger partial charge in [-0.25, -0.2) is 4.79 Å². The average molecular weight is 319 g/mol. The van der Waals surface area contributed by atoms with Crippen LogP contribution in [0.2, 0.25) is 5.02 Å². The topological polar surface area (TPSA) is 79.5 Å². The van der Waals surface area contributed by atoms with Gasteiger partial charge in [0.2, 0.25) is 0 Å². The molecular weight excluding hydrogens is 304 g/mol. The van der Waals surface area contributed by atoms with E-state index >= 15 is 0 Å². The van der Waals surface area contributed by atoms with Gasteiger partial charge in [-0.2, -0.15) is 5.26 Å². The molecule has 2 rings (SSSR count). The third-order valence-electron chi connectivity index (χ3n) is 3.41. The van der Waals surface area contributed by atoms with Gasteiger partial charge in [0.25, 0.3) is 0 Å². The van der Waals surface area contributed by atoms with Gasteiger partial charge < -0.3 is 4.74 Å². The van der Waals surface area contributed by atoms with Crippen molar-refractivity contribution in [3.8, 4) is 6.07 Å². The molecule has 1 aliphatic rings. The Labute approximate surface area is 133 Å². The van der Waals surface area contributed by atoms with Crippen LogP contribution < -0.4 is 0 Å². The lowest BCUT2D eigenvalue weighted by Gasteiger charge is -2.08. The number of nitriles is 1. The fraction of sp³-hybridized carbons (Fsp3) is 0.375. The first-order valence-corrected chi connectivity index (χ1v) is 7.37. The van der Waals surface area contributed by atoms with Gasteiger partial charge in [-0.15, -0.1) is 0 Å². The van der Waals surface area contributed by atoms with Crippen molar-refractivity contribution in [3.05, 3.63) is 34.9 Å². The number of ketones is 1. The van der Waals surface area contributed by atoms with E-state index in [2.05, 4.69) is 4.99 Å². The van der Waals surface area contributed by atoms with E-state index < -0.39 is 17.9 Å². The van der Waals surface area contributed by atoms with Gasteiger partial charge in [-0.1, -0.05) is 11.6 Å². The van der Waals surface area contributed by atoms with Crippen LogP contribution in [0.4, 0.5) is 0 Å². The SMILES string of the molecule is CCOC(=O)C1CCC(C(C#N)C(=O)c2ccc(Cl)cc2)=N1. The van der Waals surface area contributed by atoms with E-state index in [0.717, 1.165) is 0 Å². The van der Waals surface area contributed by atoms with Gasteiger partial charge in [0, 0.05) is 16.3 Å². The van der Waals surface area contributed by atoms with Crippen LogP contribution >= 0.6 is 11.6 Å². The predicted octanol–water partition coefficient (Wildman–Crippen LogP) is 2.83. The van der Waals surface area contributed by atoms with E-state index in [1.807, 2.05) is 6.07 Å². The first-order chi connectivity index (χ1) is 10.6. The highest BCUT2D eigenvalue weighted by molar-refractivity contribution is 6.30. The second-order valence-electron chi connectivity index (χ2n) is 4.86. The number of ether oxygens (including phenoxy) is 1. The quantitative estimate of drug-likeness (QED) is 0.617. The molecule has 0 saturated carbocycles.